The number of pyridine rings is 1. The molecule has 8 heteroatoms. The number of nitrogens with two attached hydrogens (primary N) is 1. The van der Waals surface area contributed by atoms with Crippen molar-refractivity contribution in [2.45, 2.75) is 19.8 Å². The molecule has 0 bridgehead atoms. The van der Waals surface area contributed by atoms with Crippen LogP contribution in [0.3, 0.4) is 0 Å². The molecular weight excluding hydrogens is 334 g/mol. The van der Waals surface area contributed by atoms with Crippen LogP contribution in [0, 0.1) is 6.92 Å². The summed E-state index contributed by atoms with van der Waals surface area (Å²) in [5.41, 5.74) is 7.47. The molecule has 0 aliphatic heterocycles. The summed E-state index contributed by atoms with van der Waals surface area (Å²) in [5, 5.41) is 6.63. The van der Waals surface area contributed by atoms with E-state index in [1.165, 1.54) is 0 Å². The van der Waals surface area contributed by atoms with Crippen molar-refractivity contribution < 1.29 is 14.1 Å². The number of anilines is 1. The average molecular weight is 351 g/mol. The Labute approximate surface area is 149 Å². The maximum absolute atomic E-state index is 12.2. The third-order valence-corrected chi connectivity index (χ3v) is 3.80. The third kappa shape index (κ3) is 3.92. The average Bonchev–Trinajstić information content (AvgIpc) is 3.11. The highest BCUT2D eigenvalue weighted by molar-refractivity contribution is 5.98. The van der Waals surface area contributed by atoms with Crippen LogP contribution in [0.4, 0.5) is 5.69 Å². The molecule has 3 rings (SSSR count). The van der Waals surface area contributed by atoms with Crippen molar-refractivity contribution in [1.82, 2.24) is 15.1 Å². The van der Waals surface area contributed by atoms with E-state index in [1.54, 1.807) is 43.5 Å². The molecule has 3 aromatic rings. The summed E-state index contributed by atoms with van der Waals surface area (Å²) in [4.78, 5) is 31.9. The molecule has 8 nitrogen and oxygen atoms in total. The second-order valence-electron chi connectivity index (χ2n) is 5.62. The number of carbonyl (C=O) groups is 2. The molecule has 1 aromatic carbocycles. The van der Waals surface area contributed by atoms with Gasteiger partial charge in [0, 0.05) is 30.3 Å². The SMILES string of the molecule is Cc1c(NC(=O)CCc2nc(-c3ccccn3)no2)cccc1C(N)=O. The molecular formula is C18H17N5O3. The molecule has 0 saturated carbocycles. The molecule has 3 N–H and O–H groups in total. The Morgan fingerprint density at radius 1 is 1.19 bits per heavy atom. The molecule has 2 heterocycles. The molecule has 0 unspecified atom stereocenters. The molecule has 26 heavy (non-hydrogen) atoms. The van der Waals surface area contributed by atoms with Gasteiger partial charge in [-0.2, -0.15) is 4.98 Å². The second-order valence-corrected chi connectivity index (χ2v) is 5.62. The number of hydrogen-bond acceptors (Lipinski definition) is 6. The Bertz CT molecular complexity index is 937. The number of aromatic nitrogens is 3. The van der Waals surface area contributed by atoms with Gasteiger partial charge in [-0.05, 0) is 36.8 Å². The van der Waals surface area contributed by atoms with Gasteiger partial charge in [-0.15, -0.1) is 0 Å². The predicted molar refractivity (Wildman–Crippen MR) is 94.2 cm³/mol. The smallest absolute Gasteiger partial charge is 0.249 e. The van der Waals surface area contributed by atoms with Crippen LogP contribution in [0.2, 0.25) is 0 Å². The molecule has 0 saturated heterocycles. The highest BCUT2D eigenvalue weighted by Gasteiger charge is 2.13. The summed E-state index contributed by atoms with van der Waals surface area (Å²) < 4.78 is 5.15. The lowest BCUT2D eigenvalue weighted by molar-refractivity contribution is -0.116. The molecule has 2 aromatic heterocycles. The summed E-state index contributed by atoms with van der Waals surface area (Å²) >= 11 is 0. The molecule has 132 valence electrons. The van der Waals surface area contributed by atoms with E-state index in [0.717, 1.165) is 0 Å². The lowest BCUT2D eigenvalue weighted by Crippen LogP contribution is -2.17. The summed E-state index contributed by atoms with van der Waals surface area (Å²) in [6.07, 6.45) is 2.09. The zero-order chi connectivity index (χ0) is 18.5. The monoisotopic (exact) mass is 351 g/mol. The van der Waals surface area contributed by atoms with Gasteiger partial charge >= 0.3 is 0 Å². The first-order valence-corrected chi connectivity index (χ1v) is 7.98. The Kier molecular flexibility index (Phi) is 5.02. The predicted octanol–water partition coefficient (Wildman–Crippen LogP) is 2.11. The van der Waals surface area contributed by atoms with Gasteiger partial charge in [0.15, 0.2) is 0 Å². The fourth-order valence-corrected chi connectivity index (χ4v) is 2.43. The van der Waals surface area contributed by atoms with Crippen LogP contribution in [-0.4, -0.2) is 26.9 Å². The van der Waals surface area contributed by atoms with Crippen LogP contribution in [0.5, 0.6) is 0 Å². The van der Waals surface area contributed by atoms with Gasteiger partial charge in [0.25, 0.3) is 0 Å². The van der Waals surface area contributed by atoms with E-state index in [1.807, 2.05) is 6.07 Å². The maximum atomic E-state index is 12.2. The quantitative estimate of drug-likeness (QED) is 0.701. The molecule has 0 fully saturated rings. The Morgan fingerprint density at radius 3 is 2.77 bits per heavy atom. The lowest BCUT2D eigenvalue weighted by Gasteiger charge is -2.10. The van der Waals surface area contributed by atoms with E-state index >= 15 is 0 Å². The topological polar surface area (TPSA) is 124 Å². The minimum Gasteiger partial charge on any atom is -0.366 e. The zero-order valence-electron chi connectivity index (χ0n) is 14.1. The number of primary amides is 1. The van der Waals surface area contributed by atoms with Gasteiger partial charge in [0.05, 0.1) is 0 Å². The van der Waals surface area contributed by atoms with Gasteiger partial charge < -0.3 is 15.6 Å². The van der Waals surface area contributed by atoms with Crippen LogP contribution < -0.4 is 11.1 Å². The van der Waals surface area contributed by atoms with E-state index in [9.17, 15) is 9.59 Å². The van der Waals surface area contributed by atoms with Gasteiger partial charge in [-0.25, -0.2) is 0 Å². The second kappa shape index (κ2) is 7.56. The molecule has 0 atom stereocenters. The zero-order valence-corrected chi connectivity index (χ0v) is 14.1. The number of aryl methyl sites for hydroxylation is 1. The molecule has 0 aliphatic rings. The number of carbonyl (C=O) groups excluding carboxylic acids is 2. The summed E-state index contributed by atoms with van der Waals surface area (Å²) in [6.45, 7) is 1.73. The normalized spacial score (nSPS) is 10.5. The highest BCUT2D eigenvalue weighted by Crippen LogP contribution is 2.19. The van der Waals surface area contributed by atoms with Crippen molar-refractivity contribution in [2.24, 2.45) is 5.73 Å². The summed E-state index contributed by atoms with van der Waals surface area (Å²) in [5.74, 6) is -0.0340. The summed E-state index contributed by atoms with van der Waals surface area (Å²) in [6, 6.07) is 10.4. The minimum absolute atomic E-state index is 0.157. The number of hydrogen-bond donors (Lipinski definition) is 2. The van der Waals surface area contributed by atoms with Gasteiger partial charge in [0.1, 0.15) is 5.69 Å². The van der Waals surface area contributed by atoms with Crippen molar-refractivity contribution in [3.63, 3.8) is 0 Å². The lowest BCUT2D eigenvalue weighted by atomic mass is 10.1. The number of nitrogens with one attached hydrogen (secondary N) is 1. The Morgan fingerprint density at radius 2 is 2.04 bits per heavy atom. The maximum Gasteiger partial charge on any atom is 0.249 e. The van der Waals surface area contributed by atoms with Crippen molar-refractivity contribution in [1.29, 1.82) is 0 Å². The van der Waals surface area contributed by atoms with Gasteiger partial charge in [-0.3, -0.25) is 14.6 Å². The number of rotatable bonds is 6. The molecule has 0 spiro atoms. The van der Waals surface area contributed by atoms with Crippen LogP contribution in [-0.2, 0) is 11.2 Å². The first kappa shape index (κ1) is 17.3. The van der Waals surface area contributed by atoms with E-state index in [0.29, 0.717) is 40.6 Å². The van der Waals surface area contributed by atoms with E-state index in [-0.39, 0.29) is 12.3 Å². The van der Waals surface area contributed by atoms with Gasteiger partial charge in [-0.1, -0.05) is 17.3 Å². The highest BCUT2D eigenvalue weighted by atomic mass is 16.5. The fraction of sp³-hybridized carbons (Fsp3) is 0.167. The summed E-state index contributed by atoms with van der Waals surface area (Å²) in [7, 11) is 0. The molecule has 2 amide bonds. The van der Waals surface area contributed by atoms with Crippen LogP contribution in [0.25, 0.3) is 11.5 Å². The molecule has 0 radical (unpaired) electrons. The van der Waals surface area contributed by atoms with Crippen LogP contribution in [0.15, 0.2) is 47.1 Å². The number of nitrogens with zero attached hydrogens (tertiary/aromatic N) is 3. The first-order valence-electron chi connectivity index (χ1n) is 7.98. The third-order valence-electron chi connectivity index (χ3n) is 3.80. The van der Waals surface area contributed by atoms with E-state index in [2.05, 4.69) is 20.4 Å². The van der Waals surface area contributed by atoms with Crippen molar-refractivity contribution in [3.05, 3.63) is 59.6 Å². The minimum atomic E-state index is -0.536. The first-order chi connectivity index (χ1) is 12.5. The Hall–Kier alpha value is -3.55. The van der Waals surface area contributed by atoms with Gasteiger partial charge in [0.2, 0.25) is 23.5 Å². The van der Waals surface area contributed by atoms with E-state index < -0.39 is 5.91 Å². The van der Waals surface area contributed by atoms with Crippen molar-refractivity contribution in [3.8, 4) is 11.5 Å². The number of amides is 2. The number of benzene rings is 1. The van der Waals surface area contributed by atoms with Crippen LogP contribution in [0.1, 0.15) is 28.2 Å². The van der Waals surface area contributed by atoms with Crippen molar-refractivity contribution >= 4 is 17.5 Å². The largest absolute Gasteiger partial charge is 0.366 e. The van der Waals surface area contributed by atoms with Crippen molar-refractivity contribution in [2.75, 3.05) is 5.32 Å². The standard InChI is InChI=1S/C18H17N5O3/c1-11-12(17(19)25)5-4-7-13(11)21-15(24)8-9-16-22-18(23-26-16)14-6-2-3-10-20-14/h2-7,10H,8-9H2,1H3,(H2,19,25)(H,21,24). The fourth-order valence-electron chi connectivity index (χ4n) is 2.43. The molecule has 0 aliphatic carbocycles. The van der Waals surface area contributed by atoms with Crippen LogP contribution >= 0.6 is 0 Å². The van der Waals surface area contributed by atoms with E-state index in [4.69, 9.17) is 10.3 Å². The Balaban J connectivity index is 1.61.